The summed E-state index contributed by atoms with van der Waals surface area (Å²) in [5, 5.41) is 2.72. The van der Waals surface area contributed by atoms with Gasteiger partial charge in [-0.3, -0.25) is 19.6 Å². The number of benzene rings is 1. The van der Waals surface area contributed by atoms with E-state index < -0.39 is 5.69 Å². The van der Waals surface area contributed by atoms with Gasteiger partial charge in [-0.2, -0.15) is 4.98 Å². The van der Waals surface area contributed by atoms with Gasteiger partial charge in [-0.05, 0) is 60.9 Å². The Bertz CT molecular complexity index is 1250. The number of fused-ring (bicyclic) bond motifs is 1. The predicted octanol–water partition coefficient (Wildman–Crippen LogP) is 0.284. The molecule has 4 aliphatic rings. The Morgan fingerprint density at radius 1 is 0.974 bits per heavy atom. The topological polar surface area (TPSA) is 143 Å². The Morgan fingerprint density at radius 2 is 1.63 bits per heavy atom. The second kappa shape index (κ2) is 9.79. The third-order valence-corrected chi connectivity index (χ3v) is 8.93. The number of nitrogens with one attached hydrogen (secondary N) is 1. The molecule has 3 heterocycles. The highest BCUT2D eigenvalue weighted by molar-refractivity contribution is 5.89. The van der Waals surface area contributed by atoms with E-state index in [1.165, 1.54) is 10.1 Å². The molecule has 5 N–H and O–H groups in total. The fourth-order valence-corrected chi connectivity index (χ4v) is 6.20. The number of anilines is 1. The third kappa shape index (κ3) is 4.70. The number of piperazine rings is 1. The van der Waals surface area contributed by atoms with Crippen LogP contribution in [0.1, 0.15) is 18.4 Å². The van der Waals surface area contributed by atoms with Gasteiger partial charge in [-0.1, -0.05) is 12.1 Å². The van der Waals surface area contributed by atoms with Crippen LogP contribution in [0.3, 0.4) is 0 Å². The summed E-state index contributed by atoms with van der Waals surface area (Å²) in [6, 6.07) is 9.23. The molecule has 2 unspecified atom stereocenters. The van der Waals surface area contributed by atoms with Gasteiger partial charge >= 0.3 is 11.7 Å². The Balaban J connectivity index is 1.01. The fraction of sp³-hybridized carbons (Fsp3) is 0.556. The van der Waals surface area contributed by atoms with Crippen molar-refractivity contribution in [3.63, 3.8) is 0 Å². The number of likely N-dealkylation sites (tertiary alicyclic amines) is 1. The van der Waals surface area contributed by atoms with Gasteiger partial charge in [0.1, 0.15) is 5.82 Å². The number of carbonyl (C=O) groups is 2. The summed E-state index contributed by atoms with van der Waals surface area (Å²) >= 11 is 0. The Hall–Kier alpha value is -3.28. The first kappa shape index (κ1) is 25.0. The lowest BCUT2D eigenvalue weighted by Gasteiger charge is -2.36. The maximum atomic E-state index is 12.7. The standard InChI is InChI=1S/C27H36N8O3/c28-13-20-21-15-32(16-22(20)21)14-18-1-3-19(4-2-18)35-8-5-23(31-26(35)38)30-25(37)34-11-9-33(10-12-34)24(36)27(17-29)6-7-27/h1-5,8,20-22H,6-7,9-17,28-29H2,(H,30,31,37,38)/t20?,21-,22?/m0/s1. The molecule has 3 atom stereocenters. The minimum absolute atomic E-state index is 0.103. The van der Waals surface area contributed by atoms with Crippen LogP contribution in [0.2, 0.25) is 0 Å². The number of aromatic nitrogens is 2. The fourth-order valence-electron chi connectivity index (χ4n) is 6.20. The smallest absolute Gasteiger partial charge is 0.339 e. The predicted molar refractivity (Wildman–Crippen MR) is 143 cm³/mol. The van der Waals surface area contributed by atoms with Crippen molar-refractivity contribution in [3.05, 3.63) is 52.6 Å². The maximum absolute atomic E-state index is 12.7. The number of urea groups is 1. The highest BCUT2D eigenvalue weighted by atomic mass is 16.2. The van der Waals surface area contributed by atoms with Crippen molar-refractivity contribution in [2.75, 3.05) is 57.7 Å². The van der Waals surface area contributed by atoms with E-state index in [4.69, 9.17) is 11.5 Å². The van der Waals surface area contributed by atoms with Crippen LogP contribution < -0.4 is 22.5 Å². The van der Waals surface area contributed by atoms with Crippen LogP contribution in [0.25, 0.3) is 5.69 Å². The summed E-state index contributed by atoms with van der Waals surface area (Å²) < 4.78 is 1.46. The number of piperidine rings is 1. The van der Waals surface area contributed by atoms with E-state index in [-0.39, 0.29) is 23.2 Å². The molecule has 11 heteroatoms. The van der Waals surface area contributed by atoms with Crippen LogP contribution in [0.15, 0.2) is 41.3 Å². The molecule has 2 aromatic rings. The number of nitrogens with two attached hydrogens (primary N) is 2. The van der Waals surface area contributed by atoms with Crippen molar-refractivity contribution in [1.82, 2.24) is 24.3 Å². The zero-order valence-electron chi connectivity index (χ0n) is 21.6. The number of carbonyl (C=O) groups excluding carboxylic acids is 2. The second-order valence-electron chi connectivity index (χ2n) is 11.2. The van der Waals surface area contributed by atoms with Crippen LogP contribution in [-0.2, 0) is 11.3 Å². The molecule has 0 radical (unpaired) electrons. The second-order valence-corrected chi connectivity index (χ2v) is 11.2. The minimum Gasteiger partial charge on any atom is -0.339 e. The van der Waals surface area contributed by atoms with Crippen LogP contribution in [0.4, 0.5) is 10.6 Å². The van der Waals surface area contributed by atoms with Gasteiger partial charge in [0.2, 0.25) is 5.91 Å². The number of hydrogen-bond donors (Lipinski definition) is 3. The van der Waals surface area contributed by atoms with E-state index in [2.05, 4.69) is 15.2 Å². The lowest BCUT2D eigenvalue weighted by molar-refractivity contribution is -0.138. The quantitative estimate of drug-likeness (QED) is 0.476. The molecule has 4 fully saturated rings. The van der Waals surface area contributed by atoms with Gasteiger partial charge in [-0.15, -0.1) is 0 Å². The van der Waals surface area contributed by atoms with E-state index in [0.717, 1.165) is 62.5 Å². The molecule has 0 spiro atoms. The summed E-state index contributed by atoms with van der Waals surface area (Å²) in [6.45, 7) is 6.13. The van der Waals surface area contributed by atoms with Crippen LogP contribution >= 0.6 is 0 Å². The van der Waals surface area contributed by atoms with Crippen molar-refractivity contribution < 1.29 is 9.59 Å². The van der Waals surface area contributed by atoms with Crippen molar-refractivity contribution in [3.8, 4) is 5.69 Å². The average molecular weight is 521 g/mol. The van der Waals surface area contributed by atoms with E-state index in [9.17, 15) is 14.4 Å². The largest absolute Gasteiger partial charge is 0.354 e. The molecule has 2 saturated carbocycles. The maximum Gasteiger partial charge on any atom is 0.354 e. The molecule has 38 heavy (non-hydrogen) atoms. The first-order valence-corrected chi connectivity index (χ1v) is 13.6. The SMILES string of the molecule is NCC1C2CN(Cc3ccc(-n4ccc(NC(=O)N5CCN(C(=O)C6(CN)CC6)CC5)nc4=O)cc3)C[C@@H]12. The summed E-state index contributed by atoms with van der Waals surface area (Å²) in [4.78, 5) is 48.1. The highest BCUT2D eigenvalue weighted by Crippen LogP contribution is 2.51. The summed E-state index contributed by atoms with van der Waals surface area (Å²) in [5.74, 6) is 2.57. The van der Waals surface area contributed by atoms with Gasteiger partial charge in [-0.25, -0.2) is 9.59 Å². The zero-order valence-corrected chi connectivity index (χ0v) is 21.6. The van der Waals surface area contributed by atoms with E-state index in [1.807, 2.05) is 24.3 Å². The lowest BCUT2D eigenvalue weighted by atomic mass is 10.1. The monoisotopic (exact) mass is 520 g/mol. The molecule has 3 amide bonds. The van der Waals surface area contributed by atoms with Gasteiger partial charge in [0.05, 0.1) is 11.1 Å². The van der Waals surface area contributed by atoms with Crippen molar-refractivity contribution >= 4 is 17.8 Å². The van der Waals surface area contributed by atoms with Crippen molar-refractivity contribution in [2.24, 2.45) is 34.6 Å². The molecular formula is C27H36N8O3. The van der Waals surface area contributed by atoms with E-state index in [0.29, 0.717) is 32.7 Å². The number of nitrogens with zero attached hydrogens (tertiary/aromatic N) is 5. The van der Waals surface area contributed by atoms with E-state index >= 15 is 0 Å². The minimum atomic E-state index is -0.463. The van der Waals surface area contributed by atoms with Crippen LogP contribution in [-0.4, -0.2) is 88.5 Å². The Morgan fingerprint density at radius 3 is 2.21 bits per heavy atom. The third-order valence-electron chi connectivity index (χ3n) is 8.93. The molecule has 6 rings (SSSR count). The number of amides is 3. The Labute approximate surface area is 221 Å². The molecule has 2 saturated heterocycles. The molecule has 1 aromatic carbocycles. The van der Waals surface area contributed by atoms with Gasteiger partial charge in [0, 0.05) is 58.6 Å². The first-order valence-electron chi connectivity index (χ1n) is 13.6. The van der Waals surface area contributed by atoms with Crippen molar-refractivity contribution in [2.45, 2.75) is 19.4 Å². The van der Waals surface area contributed by atoms with Gasteiger partial charge in [0.25, 0.3) is 0 Å². The molecule has 11 nitrogen and oxygen atoms in total. The average Bonchev–Trinajstić information content (AvgIpc) is 3.83. The molecule has 2 aliphatic carbocycles. The summed E-state index contributed by atoms with van der Waals surface area (Å²) in [6.07, 6.45) is 3.32. The lowest BCUT2D eigenvalue weighted by Crippen LogP contribution is -2.54. The molecule has 0 bridgehead atoms. The Kier molecular flexibility index (Phi) is 6.45. The first-order chi connectivity index (χ1) is 18.4. The molecule has 2 aliphatic heterocycles. The molecule has 202 valence electrons. The van der Waals surface area contributed by atoms with Gasteiger partial charge < -0.3 is 21.3 Å². The van der Waals surface area contributed by atoms with Gasteiger partial charge in [0.15, 0.2) is 0 Å². The zero-order chi connectivity index (χ0) is 26.4. The molecular weight excluding hydrogens is 484 g/mol. The highest BCUT2D eigenvalue weighted by Gasteiger charge is 2.54. The summed E-state index contributed by atoms with van der Waals surface area (Å²) in [5.41, 5.74) is 12.7. The van der Waals surface area contributed by atoms with Crippen LogP contribution in [0.5, 0.6) is 0 Å². The number of rotatable bonds is 7. The van der Waals surface area contributed by atoms with E-state index in [1.54, 1.807) is 22.1 Å². The molecule has 1 aromatic heterocycles. The normalized spacial score (nSPS) is 25.7. The summed E-state index contributed by atoms with van der Waals surface area (Å²) in [7, 11) is 0. The van der Waals surface area contributed by atoms with Crippen LogP contribution in [0, 0.1) is 23.2 Å². The van der Waals surface area contributed by atoms with Crippen molar-refractivity contribution in [1.29, 1.82) is 0 Å². The number of hydrogen-bond acceptors (Lipinski definition) is 7.